The molecular weight excluding hydrogens is 264 g/mol. The second-order valence-electron chi connectivity index (χ2n) is 4.26. The SMILES string of the molecule is Cn1ccnc1CCNC(=O)NC(=O)CCCC(=O)O. The average molecular weight is 282 g/mol. The molecule has 1 heterocycles. The molecule has 3 amide bonds. The summed E-state index contributed by atoms with van der Waals surface area (Å²) in [6.45, 7) is 0.360. The van der Waals surface area contributed by atoms with Gasteiger partial charge < -0.3 is 15.0 Å². The molecule has 0 aliphatic heterocycles. The zero-order valence-corrected chi connectivity index (χ0v) is 11.3. The molecule has 0 aliphatic carbocycles. The van der Waals surface area contributed by atoms with Crippen LogP contribution in [0.4, 0.5) is 4.79 Å². The number of nitrogens with zero attached hydrogens (tertiary/aromatic N) is 2. The van der Waals surface area contributed by atoms with Crippen molar-refractivity contribution in [1.29, 1.82) is 0 Å². The number of carboxylic acid groups (broad SMARTS) is 1. The smallest absolute Gasteiger partial charge is 0.321 e. The van der Waals surface area contributed by atoms with Crippen LogP contribution in [0.25, 0.3) is 0 Å². The quantitative estimate of drug-likeness (QED) is 0.653. The zero-order valence-electron chi connectivity index (χ0n) is 11.3. The van der Waals surface area contributed by atoms with Crippen LogP contribution >= 0.6 is 0 Å². The Labute approximate surface area is 116 Å². The van der Waals surface area contributed by atoms with Crippen LogP contribution in [0.2, 0.25) is 0 Å². The lowest BCUT2D eigenvalue weighted by Crippen LogP contribution is -2.40. The normalized spacial score (nSPS) is 10.1. The number of imidazole rings is 1. The van der Waals surface area contributed by atoms with E-state index in [1.165, 1.54) is 0 Å². The van der Waals surface area contributed by atoms with Crippen molar-refractivity contribution in [3.8, 4) is 0 Å². The van der Waals surface area contributed by atoms with E-state index in [2.05, 4.69) is 15.6 Å². The number of hydrogen-bond donors (Lipinski definition) is 3. The van der Waals surface area contributed by atoms with Crippen molar-refractivity contribution >= 4 is 17.9 Å². The summed E-state index contributed by atoms with van der Waals surface area (Å²) in [4.78, 5) is 37.0. The first-order valence-corrected chi connectivity index (χ1v) is 6.24. The van der Waals surface area contributed by atoms with Gasteiger partial charge in [0, 0.05) is 45.2 Å². The molecule has 0 atom stereocenters. The van der Waals surface area contributed by atoms with E-state index in [-0.39, 0.29) is 19.3 Å². The van der Waals surface area contributed by atoms with Crippen LogP contribution in [-0.4, -0.2) is 39.1 Å². The summed E-state index contributed by atoms with van der Waals surface area (Å²) in [7, 11) is 1.86. The standard InChI is InChI=1S/C12H18N4O4/c1-16-8-7-13-9(16)5-6-14-12(20)15-10(17)3-2-4-11(18)19/h7-8H,2-6H2,1H3,(H,18,19)(H2,14,15,17,20). The van der Waals surface area contributed by atoms with Crippen molar-refractivity contribution < 1.29 is 19.5 Å². The maximum Gasteiger partial charge on any atom is 0.321 e. The van der Waals surface area contributed by atoms with E-state index in [1.54, 1.807) is 12.4 Å². The van der Waals surface area contributed by atoms with Crippen molar-refractivity contribution in [2.45, 2.75) is 25.7 Å². The van der Waals surface area contributed by atoms with E-state index in [4.69, 9.17) is 5.11 Å². The fourth-order valence-electron chi connectivity index (χ4n) is 1.56. The largest absolute Gasteiger partial charge is 0.481 e. The number of rotatable bonds is 7. The molecule has 1 aromatic heterocycles. The first kappa shape index (κ1) is 15.7. The number of aromatic nitrogens is 2. The lowest BCUT2D eigenvalue weighted by Gasteiger charge is -2.06. The Morgan fingerprint density at radius 2 is 2.10 bits per heavy atom. The van der Waals surface area contributed by atoms with E-state index in [9.17, 15) is 14.4 Å². The van der Waals surface area contributed by atoms with Gasteiger partial charge in [-0.25, -0.2) is 9.78 Å². The molecule has 1 rings (SSSR count). The third-order valence-electron chi connectivity index (χ3n) is 2.60. The summed E-state index contributed by atoms with van der Waals surface area (Å²) in [5.74, 6) is -0.615. The molecule has 0 spiro atoms. The Bertz CT molecular complexity index is 484. The number of amides is 3. The highest BCUT2D eigenvalue weighted by Gasteiger charge is 2.08. The number of imide groups is 1. The molecule has 8 nitrogen and oxygen atoms in total. The van der Waals surface area contributed by atoms with Gasteiger partial charge in [0.15, 0.2) is 0 Å². The second kappa shape index (κ2) is 7.93. The number of carbonyl (C=O) groups is 3. The van der Waals surface area contributed by atoms with Crippen LogP contribution in [0.3, 0.4) is 0 Å². The molecule has 0 saturated carbocycles. The van der Waals surface area contributed by atoms with Crippen molar-refractivity contribution in [3.63, 3.8) is 0 Å². The van der Waals surface area contributed by atoms with Crippen LogP contribution in [0, 0.1) is 0 Å². The third kappa shape index (κ3) is 5.98. The molecule has 0 saturated heterocycles. The molecule has 8 heteroatoms. The van der Waals surface area contributed by atoms with Crippen molar-refractivity contribution in [2.24, 2.45) is 7.05 Å². The summed E-state index contributed by atoms with van der Waals surface area (Å²) in [6.07, 6.45) is 4.17. The fourth-order valence-corrected chi connectivity index (χ4v) is 1.56. The Kier molecular flexibility index (Phi) is 6.21. The van der Waals surface area contributed by atoms with Gasteiger partial charge in [-0.1, -0.05) is 0 Å². The number of nitrogens with one attached hydrogen (secondary N) is 2. The topological polar surface area (TPSA) is 113 Å². The molecule has 0 unspecified atom stereocenters. The van der Waals surface area contributed by atoms with E-state index in [1.807, 2.05) is 11.6 Å². The Hall–Kier alpha value is -2.38. The van der Waals surface area contributed by atoms with Gasteiger partial charge in [0.25, 0.3) is 0 Å². The monoisotopic (exact) mass is 282 g/mol. The van der Waals surface area contributed by atoms with Gasteiger partial charge in [-0.05, 0) is 6.42 Å². The second-order valence-corrected chi connectivity index (χ2v) is 4.26. The van der Waals surface area contributed by atoms with Crippen LogP contribution < -0.4 is 10.6 Å². The average Bonchev–Trinajstić information content (AvgIpc) is 2.74. The van der Waals surface area contributed by atoms with Gasteiger partial charge in [0.05, 0.1) is 0 Å². The number of aliphatic carboxylic acids is 1. The van der Waals surface area contributed by atoms with Gasteiger partial charge in [-0.15, -0.1) is 0 Å². The molecule has 110 valence electrons. The molecule has 3 N–H and O–H groups in total. The maximum absolute atomic E-state index is 11.4. The van der Waals surface area contributed by atoms with E-state index >= 15 is 0 Å². The molecule has 0 radical (unpaired) electrons. The summed E-state index contributed by atoms with van der Waals surface area (Å²) in [5, 5.41) is 13.1. The number of carbonyl (C=O) groups excluding carboxylic acids is 2. The van der Waals surface area contributed by atoms with Crippen LogP contribution in [0.1, 0.15) is 25.1 Å². The van der Waals surface area contributed by atoms with E-state index in [0.717, 1.165) is 5.82 Å². The summed E-state index contributed by atoms with van der Waals surface area (Å²) in [6, 6.07) is -0.584. The van der Waals surface area contributed by atoms with Gasteiger partial charge in [0.2, 0.25) is 5.91 Å². The van der Waals surface area contributed by atoms with Crippen molar-refractivity contribution in [2.75, 3.05) is 6.54 Å². The van der Waals surface area contributed by atoms with Crippen LogP contribution in [0.15, 0.2) is 12.4 Å². The minimum atomic E-state index is -0.961. The van der Waals surface area contributed by atoms with Gasteiger partial charge in [-0.3, -0.25) is 14.9 Å². The molecule has 20 heavy (non-hydrogen) atoms. The molecule has 0 aliphatic rings. The van der Waals surface area contributed by atoms with E-state index < -0.39 is 17.9 Å². The Morgan fingerprint density at radius 3 is 2.70 bits per heavy atom. The van der Waals surface area contributed by atoms with Crippen molar-refractivity contribution in [3.05, 3.63) is 18.2 Å². The highest BCUT2D eigenvalue weighted by molar-refractivity contribution is 5.94. The fraction of sp³-hybridized carbons (Fsp3) is 0.500. The van der Waals surface area contributed by atoms with E-state index in [0.29, 0.717) is 13.0 Å². The summed E-state index contributed by atoms with van der Waals surface area (Å²) < 4.78 is 1.84. The predicted molar refractivity (Wildman–Crippen MR) is 69.9 cm³/mol. The molecular formula is C12H18N4O4. The number of carboxylic acids is 1. The first-order chi connectivity index (χ1) is 9.49. The molecule has 0 fully saturated rings. The third-order valence-corrected chi connectivity index (χ3v) is 2.60. The molecule has 0 bridgehead atoms. The van der Waals surface area contributed by atoms with Gasteiger partial charge >= 0.3 is 12.0 Å². The van der Waals surface area contributed by atoms with Crippen LogP contribution in [-0.2, 0) is 23.1 Å². The summed E-state index contributed by atoms with van der Waals surface area (Å²) in [5.41, 5.74) is 0. The number of hydrogen-bond acceptors (Lipinski definition) is 4. The molecule has 1 aromatic rings. The zero-order chi connectivity index (χ0) is 15.0. The lowest BCUT2D eigenvalue weighted by atomic mass is 10.2. The first-order valence-electron chi connectivity index (χ1n) is 6.24. The minimum Gasteiger partial charge on any atom is -0.481 e. The molecule has 0 aromatic carbocycles. The number of urea groups is 1. The summed E-state index contributed by atoms with van der Waals surface area (Å²) >= 11 is 0. The van der Waals surface area contributed by atoms with Gasteiger partial charge in [-0.2, -0.15) is 0 Å². The Balaban J connectivity index is 2.15. The minimum absolute atomic E-state index is 0.0130. The van der Waals surface area contributed by atoms with Crippen molar-refractivity contribution in [1.82, 2.24) is 20.2 Å². The Morgan fingerprint density at radius 1 is 1.35 bits per heavy atom. The highest BCUT2D eigenvalue weighted by Crippen LogP contribution is 1.95. The van der Waals surface area contributed by atoms with Crippen LogP contribution in [0.5, 0.6) is 0 Å². The number of aryl methyl sites for hydroxylation is 1. The maximum atomic E-state index is 11.4. The van der Waals surface area contributed by atoms with Gasteiger partial charge in [0.1, 0.15) is 5.82 Å². The predicted octanol–water partition coefficient (Wildman–Crippen LogP) is 0.0433. The lowest BCUT2D eigenvalue weighted by molar-refractivity contribution is -0.137. The highest BCUT2D eigenvalue weighted by atomic mass is 16.4.